The van der Waals surface area contributed by atoms with Crippen LogP contribution in [0.15, 0.2) is 24.3 Å². The van der Waals surface area contributed by atoms with Crippen molar-refractivity contribution >= 4 is 12.0 Å². The number of carbonyl (C=O) groups excluding carboxylic acids is 2. The number of hydrogen-bond donors (Lipinski definition) is 1. The summed E-state index contributed by atoms with van der Waals surface area (Å²) in [6.45, 7) is 3.10. The molecule has 3 fully saturated rings. The minimum atomic E-state index is -4.36. The van der Waals surface area contributed by atoms with Crippen molar-refractivity contribution in [2.24, 2.45) is 11.8 Å². The number of halogens is 3. The minimum Gasteiger partial charge on any atom is -0.450 e. The number of amides is 2. The maximum atomic E-state index is 13.0. The van der Waals surface area contributed by atoms with Crippen molar-refractivity contribution in [1.29, 1.82) is 0 Å². The quantitative estimate of drug-likeness (QED) is 0.849. The van der Waals surface area contributed by atoms with Gasteiger partial charge in [-0.25, -0.2) is 4.79 Å². The van der Waals surface area contributed by atoms with Crippen LogP contribution in [0, 0.1) is 11.8 Å². The maximum Gasteiger partial charge on any atom is 0.416 e. The van der Waals surface area contributed by atoms with Crippen LogP contribution in [0.5, 0.6) is 0 Å². The topological polar surface area (TPSA) is 58.6 Å². The number of likely N-dealkylation sites (tertiary alicyclic amines) is 1. The van der Waals surface area contributed by atoms with Crippen molar-refractivity contribution < 1.29 is 27.5 Å². The summed E-state index contributed by atoms with van der Waals surface area (Å²) >= 11 is 0. The van der Waals surface area contributed by atoms with E-state index in [2.05, 4.69) is 5.32 Å². The Morgan fingerprint density at radius 2 is 2.07 bits per heavy atom. The van der Waals surface area contributed by atoms with Crippen LogP contribution in [0.25, 0.3) is 0 Å². The van der Waals surface area contributed by atoms with E-state index in [9.17, 15) is 22.8 Å². The normalized spacial score (nSPS) is 31.0. The number of hydrogen-bond acceptors (Lipinski definition) is 3. The zero-order chi connectivity index (χ0) is 20.1. The number of carbonyl (C=O) groups is 2. The van der Waals surface area contributed by atoms with Crippen LogP contribution >= 0.6 is 0 Å². The molecule has 0 bridgehead atoms. The number of fused-ring (bicyclic) bond motifs is 1. The third kappa shape index (κ3) is 3.33. The Hall–Kier alpha value is -2.25. The highest BCUT2D eigenvalue weighted by Gasteiger charge is 2.62. The van der Waals surface area contributed by atoms with E-state index in [0.717, 1.165) is 12.5 Å². The Morgan fingerprint density at radius 1 is 1.32 bits per heavy atom. The zero-order valence-corrected chi connectivity index (χ0v) is 15.6. The number of alkyl halides is 3. The third-order valence-corrected chi connectivity index (χ3v) is 6.31. The number of ether oxygens (including phenoxy) is 1. The Balaban J connectivity index is 1.35. The molecule has 3 aliphatic rings. The molecule has 152 valence electrons. The van der Waals surface area contributed by atoms with Crippen LogP contribution in [0.3, 0.4) is 0 Å². The molecule has 2 aliphatic carbocycles. The summed E-state index contributed by atoms with van der Waals surface area (Å²) in [5.74, 6) is 0.136. The van der Waals surface area contributed by atoms with E-state index < -0.39 is 17.8 Å². The molecule has 2 unspecified atom stereocenters. The highest BCUT2D eigenvalue weighted by molar-refractivity contribution is 5.81. The first kappa shape index (κ1) is 19.1. The lowest BCUT2D eigenvalue weighted by Gasteiger charge is -2.37. The molecule has 2 saturated carbocycles. The number of piperidine rings is 1. The predicted octanol–water partition coefficient (Wildman–Crippen LogP) is 3.33. The van der Waals surface area contributed by atoms with E-state index in [-0.39, 0.29) is 29.2 Å². The molecular formula is C20H23F3N2O3. The average Bonchev–Trinajstić information content (AvgIpc) is 3.18. The molecule has 1 aromatic carbocycles. The van der Waals surface area contributed by atoms with Crippen molar-refractivity contribution in [3.05, 3.63) is 35.4 Å². The summed E-state index contributed by atoms with van der Waals surface area (Å²) in [5.41, 5.74) is -0.289. The average molecular weight is 396 g/mol. The molecule has 1 saturated heterocycles. The van der Waals surface area contributed by atoms with E-state index in [4.69, 9.17) is 4.74 Å². The predicted molar refractivity (Wildman–Crippen MR) is 94.5 cm³/mol. The fourth-order valence-corrected chi connectivity index (χ4v) is 4.64. The first-order chi connectivity index (χ1) is 13.2. The summed E-state index contributed by atoms with van der Waals surface area (Å²) in [6, 6.07) is 5.45. The molecule has 28 heavy (non-hydrogen) atoms. The monoisotopic (exact) mass is 396 g/mol. The smallest absolute Gasteiger partial charge is 0.416 e. The van der Waals surface area contributed by atoms with E-state index in [1.807, 2.05) is 0 Å². The third-order valence-electron chi connectivity index (χ3n) is 6.31. The minimum absolute atomic E-state index is 0.0421. The van der Waals surface area contributed by atoms with Crippen molar-refractivity contribution in [3.8, 4) is 0 Å². The largest absolute Gasteiger partial charge is 0.450 e. The van der Waals surface area contributed by atoms with Crippen molar-refractivity contribution in [2.75, 3.05) is 19.7 Å². The van der Waals surface area contributed by atoms with Gasteiger partial charge in [-0.15, -0.1) is 0 Å². The lowest BCUT2D eigenvalue weighted by Crippen LogP contribution is -2.50. The van der Waals surface area contributed by atoms with Gasteiger partial charge in [0.1, 0.15) is 0 Å². The highest BCUT2D eigenvalue weighted by Crippen LogP contribution is 2.59. The number of rotatable bonds is 4. The molecule has 2 amide bonds. The second-order valence-electron chi connectivity index (χ2n) is 8.08. The van der Waals surface area contributed by atoms with Gasteiger partial charge >= 0.3 is 12.3 Å². The van der Waals surface area contributed by atoms with Gasteiger partial charge in [0.05, 0.1) is 12.2 Å². The molecule has 8 heteroatoms. The van der Waals surface area contributed by atoms with Gasteiger partial charge in [0, 0.05) is 30.5 Å². The van der Waals surface area contributed by atoms with Crippen LogP contribution in [-0.4, -0.2) is 42.6 Å². The molecule has 1 aliphatic heterocycles. The number of nitrogens with zero attached hydrogens (tertiary/aromatic N) is 1. The molecule has 5 nitrogen and oxygen atoms in total. The Kier molecular flexibility index (Phi) is 4.55. The molecular weight excluding hydrogens is 373 g/mol. The van der Waals surface area contributed by atoms with Gasteiger partial charge in [0.25, 0.3) is 0 Å². The standard InChI is InChI=1S/C20H23F3N2O3/c1-2-28-18(27)24-16-6-12(7-16)17(26)25-10-15-9-19(15,11-25)13-4-3-5-14(8-13)20(21,22)23/h3-5,8,12,15-16H,2,6-7,9-11H2,1H3,(H,24,27). The summed E-state index contributed by atoms with van der Waals surface area (Å²) in [5, 5.41) is 2.73. The van der Waals surface area contributed by atoms with Crippen molar-refractivity contribution in [2.45, 2.75) is 43.8 Å². The molecule has 0 spiro atoms. The van der Waals surface area contributed by atoms with Crippen LogP contribution < -0.4 is 5.32 Å². The van der Waals surface area contributed by atoms with Gasteiger partial charge in [-0.3, -0.25) is 4.79 Å². The lowest BCUT2D eigenvalue weighted by molar-refractivity contribution is -0.139. The van der Waals surface area contributed by atoms with E-state index >= 15 is 0 Å². The van der Waals surface area contributed by atoms with Gasteiger partial charge < -0.3 is 15.0 Å². The lowest BCUT2D eigenvalue weighted by atomic mass is 9.79. The van der Waals surface area contributed by atoms with Crippen LogP contribution in [0.2, 0.25) is 0 Å². The highest BCUT2D eigenvalue weighted by atomic mass is 19.4. The number of benzene rings is 1. The van der Waals surface area contributed by atoms with Gasteiger partial charge in [-0.1, -0.05) is 18.2 Å². The summed E-state index contributed by atoms with van der Waals surface area (Å²) in [4.78, 5) is 26.0. The van der Waals surface area contributed by atoms with E-state index in [1.54, 1.807) is 17.9 Å². The van der Waals surface area contributed by atoms with E-state index in [1.165, 1.54) is 12.1 Å². The second kappa shape index (κ2) is 6.67. The zero-order valence-electron chi connectivity index (χ0n) is 15.6. The Labute approximate surface area is 161 Å². The van der Waals surface area contributed by atoms with Gasteiger partial charge in [0.2, 0.25) is 5.91 Å². The second-order valence-corrected chi connectivity index (χ2v) is 8.08. The van der Waals surface area contributed by atoms with Crippen LogP contribution in [0.4, 0.5) is 18.0 Å². The fourth-order valence-electron chi connectivity index (χ4n) is 4.64. The van der Waals surface area contributed by atoms with Gasteiger partial charge in [-0.05, 0) is 43.7 Å². The van der Waals surface area contributed by atoms with Crippen molar-refractivity contribution in [3.63, 3.8) is 0 Å². The van der Waals surface area contributed by atoms with Gasteiger partial charge in [-0.2, -0.15) is 13.2 Å². The van der Waals surface area contributed by atoms with Gasteiger partial charge in [0.15, 0.2) is 0 Å². The molecule has 4 rings (SSSR count). The fraction of sp³-hybridized carbons (Fsp3) is 0.600. The molecule has 1 heterocycles. The van der Waals surface area contributed by atoms with Crippen LogP contribution in [-0.2, 0) is 21.1 Å². The first-order valence-corrected chi connectivity index (χ1v) is 9.63. The van der Waals surface area contributed by atoms with Crippen molar-refractivity contribution in [1.82, 2.24) is 10.2 Å². The first-order valence-electron chi connectivity index (χ1n) is 9.63. The molecule has 2 atom stereocenters. The number of nitrogens with one attached hydrogen (secondary N) is 1. The Bertz CT molecular complexity index is 791. The Morgan fingerprint density at radius 3 is 2.75 bits per heavy atom. The molecule has 1 N–H and O–H groups in total. The summed E-state index contributed by atoms with van der Waals surface area (Å²) in [6.07, 6.45) is -2.84. The summed E-state index contributed by atoms with van der Waals surface area (Å²) in [7, 11) is 0. The number of alkyl carbamates (subject to hydrolysis) is 1. The van der Waals surface area contributed by atoms with Crippen LogP contribution in [0.1, 0.15) is 37.3 Å². The molecule has 0 aromatic heterocycles. The summed E-state index contributed by atoms with van der Waals surface area (Å²) < 4.78 is 43.9. The maximum absolute atomic E-state index is 13.0. The molecule has 1 aromatic rings. The SMILES string of the molecule is CCOC(=O)NC1CC(C(=O)N2CC3CC3(c3cccc(C(F)(F)F)c3)C2)C1. The van der Waals surface area contributed by atoms with E-state index in [0.29, 0.717) is 38.1 Å². The molecule has 0 radical (unpaired) electrons.